The van der Waals surface area contributed by atoms with Crippen molar-refractivity contribution in [2.45, 2.75) is 25.5 Å². The Bertz CT molecular complexity index is 1070. The molecule has 0 amide bonds. The lowest BCUT2D eigenvalue weighted by atomic mass is 10.1. The number of thiophene rings is 1. The molecule has 2 heterocycles. The molecule has 150 valence electrons. The number of hydrogen-bond donors (Lipinski definition) is 2. The monoisotopic (exact) mass is 408 g/mol. The summed E-state index contributed by atoms with van der Waals surface area (Å²) < 4.78 is 12.3. The molecule has 0 aliphatic heterocycles. The lowest BCUT2D eigenvalue weighted by molar-refractivity contribution is 0.0105. The summed E-state index contributed by atoms with van der Waals surface area (Å²) in [6, 6.07) is 19.9. The molecule has 0 unspecified atom stereocenters. The maximum atomic E-state index is 10.7. The summed E-state index contributed by atoms with van der Waals surface area (Å²) in [5, 5.41) is 20.3. The molecule has 0 aliphatic rings. The van der Waals surface area contributed by atoms with Gasteiger partial charge in [-0.25, -0.2) is 0 Å². The van der Waals surface area contributed by atoms with Gasteiger partial charge in [-0.1, -0.05) is 47.6 Å². The molecule has 2 aromatic heterocycles. The van der Waals surface area contributed by atoms with Crippen LogP contribution in [0.2, 0.25) is 0 Å². The van der Waals surface area contributed by atoms with Crippen molar-refractivity contribution in [1.29, 1.82) is 0 Å². The Kier molecular flexibility index (Phi) is 5.67. The highest BCUT2D eigenvalue weighted by molar-refractivity contribution is 7.17. The lowest BCUT2D eigenvalue weighted by Gasteiger charge is -2.26. The Labute approximate surface area is 173 Å². The molecule has 2 N–H and O–H groups in total. The van der Waals surface area contributed by atoms with Gasteiger partial charge in [0, 0.05) is 18.2 Å². The third-order valence-electron chi connectivity index (χ3n) is 4.83. The minimum atomic E-state index is -1.01. The van der Waals surface area contributed by atoms with E-state index in [9.17, 15) is 5.11 Å². The minimum Gasteiger partial charge on any atom is -0.491 e. The standard InChI is InChI=1S/C23H24N2O3S/c1-16(17-7-4-3-5-8-17)24-14-23(2,26)15-27-19-10-6-9-18(13-19)21-22-20(28-25-21)11-12-29-22/h3-13,16,24,26H,14-15H2,1-2H3/t16-,23+/m0/s1. The van der Waals surface area contributed by atoms with E-state index in [2.05, 4.69) is 29.5 Å². The average Bonchev–Trinajstić information content (AvgIpc) is 3.35. The first-order valence-corrected chi connectivity index (χ1v) is 10.5. The molecule has 4 rings (SSSR count). The van der Waals surface area contributed by atoms with Gasteiger partial charge < -0.3 is 19.7 Å². The number of hydrogen-bond acceptors (Lipinski definition) is 6. The second-order valence-electron chi connectivity index (χ2n) is 7.47. The summed E-state index contributed by atoms with van der Waals surface area (Å²) in [5.41, 5.74) is 2.71. The molecule has 4 aromatic rings. The van der Waals surface area contributed by atoms with Crippen LogP contribution in [-0.4, -0.2) is 29.0 Å². The lowest BCUT2D eigenvalue weighted by Crippen LogP contribution is -2.43. The normalized spacial score (nSPS) is 14.6. The summed E-state index contributed by atoms with van der Waals surface area (Å²) in [6.45, 7) is 4.45. The fourth-order valence-corrected chi connectivity index (χ4v) is 3.93. The topological polar surface area (TPSA) is 67.5 Å². The van der Waals surface area contributed by atoms with Gasteiger partial charge in [-0.15, -0.1) is 11.3 Å². The SMILES string of the molecule is C[C@H](NC[C@@](C)(O)COc1cccc(-c2noc3ccsc23)c1)c1ccccc1. The Hall–Kier alpha value is -2.67. The number of rotatable bonds is 8. The highest BCUT2D eigenvalue weighted by Gasteiger charge is 2.23. The van der Waals surface area contributed by atoms with Crippen LogP contribution in [0.5, 0.6) is 5.75 Å². The Morgan fingerprint density at radius 3 is 2.83 bits per heavy atom. The number of fused-ring (bicyclic) bond motifs is 1. The molecule has 0 saturated heterocycles. The van der Waals surface area contributed by atoms with Crippen LogP contribution in [0.25, 0.3) is 21.5 Å². The predicted octanol–water partition coefficient (Wildman–Crippen LogP) is 5.04. The number of ether oxygens (including phenoxy) is 1. The van der Waals surface area contributed by atoms with E-state index in [-0.39, 0.29) is 12.6 Å². The largest absolute Gasteiger partial charge is 0.491 e. The number of nitrogens with one attached hydrogen (secondary N) is 1. The van der Waals surface area contributed by atoms with Crippen molar-refractivity contribution in [3.05, 3.63) is 71.6 Å². The van der Waals surface area contributed by atoms with Gasteiger partial charge in [0.1, 0.15) is 28.4 Å². The second-order valence-corrected chi connectivity index (χ2v) is 8.39. The Morgan fingerprint density at radius 1 is 1.17 bits per heavy atom. The molecule has 6 heteroatoms. The van der Waals surface area contributed by atoms with Crippen molar-refractivity contribution < 1.29 is 14.4 Å². The van der Waals surface area contributed by atoms with Crippen LogP contribution in [0.3, 0.4) is 0 Å². The third-order valence-corrected chi connectivity index (χ3v) is 5.73. The van der Waals surface area contributed by atoms with Crippen LogP contribution in [0.4, 0.5) is 0 Å². The van der Waals surface area contributed by atoms with Crippen molar-refractivity contribution >= 4 is 21.6 Å². The summed E-state index contributed by atoms with van der Waals surface area (Å²) in [4.78, 5) is 0. The zero-order valence-electron chi connectivity index (χ0n) is 16.5. The van der Waals surface area contributed by atoms with E-state index in [0.717, 1.165) is 21.5 Å². The molecule has 0 bridgehead atoms. The Morgan fingerprint density at radius 2 is 2.00 bits per heavy atom. The Balaban J connectivity index is 1.37. The zero-order valence-corrected chi connectivity index (χ0v) is 17.3. The third kappa shape index (κ3) is 4.67. The number of nitrogens with zero attached hydrogens (tertiary/aromatic N) is 1. The number of benzene rings is 2. The van der Waals surface area contributed by atoms with Crippen LogP contribution >= 0.6 is 11.3 Å². The molecule has 0 saturated carbocycles. The number of aliphatic hydroxyl groups is 1. The van der Waals surface area contributed by atoms with Crippen molar-refractivity contribution in [2.24, 2.45) is 0 Å². The van der Waals surface area contributed by atoms with Gasteiger partial charge in [-0.05, 0) is 43.0 Å². The smallest absolute Gasteiger partial charge is 0.178 e. The molecule has 2 aromatic carbocycles. The molecular formula is C23H24N2O3S. The number of aromatic nitrogens is 1. The highest BCUT2D eigenvalue weighted by Crippen LogP contribution is 2.33. The van der Waals surface area contributed by atoms with Crippen molar-refractivity contribution in [3.8, 4) is 17.0 Å². The van der Waals surface area contributed by atoms with E-state index in [4.69, 9.17) is 9.26 Å². The first-order chi connectivity index (χ1) is 14.0. The first kappa shape index (κ1) is 19.6. The minimum absolute atomic E-state index is 0.145. The summed E-state index contributed by atoms with van der Waals surface area (Å²) in [6.07, 6.45) is 0. The van der Waals surface area contributed by atoms with Crippen LogP contribution in [0.15, 0.2) is 70.6 Å². The van der Waals surface area contributed by atoms with Gasteiger partial charge in [-0.2, -0.15) is 0 Å². The van der Waals surface area contributed by atoms with E-state index in [1.807, 2.05) is 53.9 Å². The predicted molar refractivity (Wildman–Crippen MR) is 116 cm³/mol. The van der Waals surface area contributed by atoms with Crippen LogP contribution in [-0.2, 0) is 0 Å². The summed E-state index contributed by atoms with van der Waals surface area (Å²) in [5.74, 6) is 0.687. The van der Waals surface area contributed by atoms with Crippen LogP contribution < -0.4 is 10.1 Å². The second kappa shape index (κ2) is 8.37. The fourth-order valence-electron chi connectivity index (χ4n) is 3.12. The van der Waals surface area contributed by atoms with E-state index in [1.165, 1.54) is 5.56 Å². The van der Waals surface area contributed by atoms with Gasteiger partial charge >= 0.3 is 0 Å². The highest BCUT2D eigenvalue weighted by atomic mass is 32.1. The van der Waals surface area contributed by atoms with E-state index in [1.54, 1.807) is 18.3 Å². The molecule has 0 fully saturated rings. The zero-order chi connectivity index (χ0) is 20.3. The average molecular weight is 409 g/mol. The van der Waals surface area contributed by atoms with Crippen molar-refractivity contribution in [2.75, 3.05) is 13.2 Å². The van der Waals surface area contributed by atoms with E-state index < -0.39 is 5.60 Å². The van der Waals surface area contributed by atoms with Crippen LogP contribution in [0.1, 0.15) is 25.5 Å². The molecule has 0 aliphatic carbocycles. The molecule has 29 heavy (non-hydrogen) atoms. The van der Waals surface area contributed by atoms with Gasteiger partial charge in [0.05, 0.1) is 0 Å². The van der Waals surface area contributed by atoms with Crippen molar-refractivity contribution in [1.82, 2.24) is 10.5 Å². The molecule has 0 radical (unpaired) electrons. The summed E-state index contributed by atoms with van der Waals surface area (Å²) >= 11 is 1.60. The van der Waals surface area contributed by atoms with Gasteiger partial charge in [-0.3, -0.25) is 0 Å². The quantitative estimate of drug-likeness (QED) is 0.428. The molecule has 0 spiro atoms. The fraction of sp³-hybridized carbons (Fsp3) is 0.261. The van der Waals surface area contributed by atoms with Gasteiger partial charge in [0.2, 0.25) is 0 Å². The molecule has 2 atom stereocenters. The van der Waals surface area contributed by atoms with Gasteiger partial charge in [0.25, 0.3) is 0 Å². The first-order valence-electron chi connectivity index (χ1n) is 9.59. The summed E-state index contributed by atoms with van der Waals surface area (Å²) in [7, 11) is 0. The van der Waals surface area contributed by atoms with Crippen LogP contribution in [0, 0.1) is 0 Å². The molecule has 5 nitrogen and oxygen atoms in total. The van der Waals surface area contributed by atoms with Gasteiger partial charge in [0.15, 0.2) is 5.58 Å². The van der Waals surface area contributed by atoms with E-state index in [0.29, 0.717) is 12.3 Å². The maximum absolute atomic E-state index is 10.7. The van der Waals surface area contributed by atoms with Crippen molar-refractivity contribution in [3.63, 3.8) is 0 Å². The van der Waals surface area contributed by atoms with E-state index >= 15 is 0 Å². The maximum Gasteiger partial charge on any atom is 0.178 e. The molecular weight excluding hydrogens is 384 g/mol.